The Labute approximate surface area is 254 Å². The molecule has 1 fully saturated rings. The highest BCUT2D eigenvalue weighted by molar-refractivity contribution is 7.99. The van der Waals surface area contributed by atoms with Crippen LogP contribution in [-0.2, 0) is 11.2 Å². The summed E-state index contributed by atoms with van der Waals surface area (Å²) < 4.78 is 33.7. The number of carbonyl (C=O) groups excluding carboxylic acids is 2. The van der Waals surface area contributed by atoms with E-state index in [1.165, 1.54) is 18.4 Å². The average Bonchev–Trinajstić information content (AvgIpc) is 3.52. The van der Waals surface area contributed by atoms with Gasteiger partial charge in [0.15, 0.2) is 0 Å². The molecule has 0 radical (unpaired) electrons. The Morgan fingerprint density at radius 3 is 2.79 bits per heavy atom. The van der Waals surface area contributed by atoms with Crippen LogP contribution in [0, 0.1) is 11.6 Å². The van der Waals surface area contributed by atoms with Crippen LogP contribution in [0.25, 0.3) is 11.5 Å². The number of aromatic nitrogens is 1. The quantitative estimate of drug-likeness (QED) is 0.249. The van der Waals surface area contributed by atoms with Crippen LogP contribution in [0.3, 0.4) is 0 Å². The molecule has 1 aromatic heterocycles. The first-order chi connectivity index (χ1) is 20.8. The Bertz CT molecular complexity index is 1400. The summed E-state index contributed by atoms with van der Waals surface area (Å²) in [6, 6.07) is 5.92. The summed E-state index contributed by atoms with van der Waals surface area (Å²) in [6.45, 7) is 3.84. The number of aliphatic hydroxyl groups is 1. The molecule has 2 amide bonds. The van der Waals surface area contributed by atoms with Gasteiger partial charge in [-0.25, -0.2) is 13.8 Å². The Kier molecular flexibility index (Phi) is 10.3. The topological polar surface area (TPSA) is 108 Å². The minimum absolute atomic E-state index is 0.00812. The van der Waals surface area contributed by atoms with E-state index in [1.54, 1.807) is 24.0 Å². The molecule has 3 N–H and O–H groups in total. The normalized spacial score (nSPS) is 18.1. The van der Waals surface area contributed by atoms with E-state index in [1.807, 2.05) is 6.07 Å². The number of amides is 2. The van der Waals surface area contributed by atoms with E-state index < -0.39 is 29.7 Å². The summed E-state index contributed by atoms with van der Waals surface area (Å²) in [5, 5.41) is 17.2. The molecule has 0 bridgehead atoms. The highest BCUT2D eigenvalue weighted by atomic mass is 32.2. The summed E-state index contributed by atoms with van der Waals surface area (Å²) in [4.78, 5) is 33.3. The van der Waals surface area contributed by atoms with E-state index in [9.17, 15) is 23.5 Å². The maximum Gasteiger partial charge on any atom is 0.251 e. The predicted octanol–water partition coefficient (Wildman–Crippen LogP) is 5.48. The number of hydrogen-bond donors (Lipinski definition) is 3. The zero-order valence-corrected chi connectivity index (χ0v) is 25.1. The second-order valence-electron chi connectivity index (χ2n) is 11.3. The van der Waals surface area contributed by atoms with Crippen LogP contribution in [0.15, 0.2) is 52.1 Å². The largest absolute Gasteiger partial charge is 0.444 e. The van der Waals surface area contributed by atoms with Gasteiger partial charge in [0, 0.05) is 47.8 Å². The van der Waals surface area contributed by atoms with Crippen LogP contribution in [0.1, 0.15) is 67.8 Å². The van der Waals surface area contributed by atoms with E-state index >= 15 is 0 Å². The van der Waals surface area contributed by atoms with Crippen LogP contribution in [0.2, 0.25) is 0 Å². The number of unbranched alkanes of at least 4 members (excludes halogenated alkanes) is 1. The van der Waals surface area contributed by atoms with Crippen molar-refractivity contribution in [1.82, 2.24) is 15.6 Å². The van der Waals surface area contributed by atoms with Crippen LogP contribution in [0.5, 0.6) is 0 Å². The molecule has 0 saturated carbocycles. The van der Waals surface area contributed by atoms with Crippen molar-refractivity contribution in [2.24, 2.45) is 0 Å². The third-order valence-electron chi connectivity index (χ3n) is 8.02. The number of fused-ring (bicyclic) bond motifs is 1. The average molecular weight is 613 g/mol. The SMILES string of the molecule is CCCCN1CCSc2c(-c3ncco3)cc(C(=O)NC(Cc3cc(F)cc(F)c3)C(O)CCC3CCCC(=O)N3)cc21. The van der Waals surface area contributed by atoms with Gasteiger partial charge in [-0.3, -0.25) is 9.59 Å². The van der Waals surface area contributed by atoms with Crippen LogP contribution < -0.4 is 15.5 Å². The molecule has 2 aromatic carbocycles. The number of benzene rings is 2. The first-order valence-electron chi connectivity index (χ1n) is 15.0. The number of rotatable bonds is 12. The van der Waals surface area contributed by atoms with E-state index in [2.05, 4.69) is 27.4 Å². The minimum Gasteiger partial charge on any atom is -0.444 e. The highest BCUT2D eigenvalue weighted by Crippen LogP contribution is 2.42. The van der Waals surface area contributed by atoms with Gasteiger partial charge in [-0.1, -0.05) is 13.3 Å². The number of nitrogens with zero attached hydrogens (tertiary/aromatic N) is 2. The summed E-state index contributed by atoms with van der Waals surface area (Å²) in [6.07, 6.45) is 7.02. The number of anilines is 1. The van der Waals surface area contributed by atoms with E-state index in [0.29, 0.717) is 36.3 Å². The Morgan fingerprint density at radius 2 is 2.07 bits per heavy atom. The van der Waals surface area contributed by atoms with Crippen molar-refractivity contribution >= 4 is 29.3 Å². The highest BCUT2D eigenvalue weighted by Gasteiger charge is 2.29. The number of oxazole rings is 1. The summed E-state index contributed by atoms with van der Waals surface area (Å²) in [5.41, 5.74) is 2.35. The predicted molar refractivity (Wildman–Crippen MR) is 162 cm³/mol. The number of piperidine rings is 1. The molecule has 3 unspecified atom stereocenters. The van der Waals surface area contributed by atoms with Gasteiger partial charge < -0.3 is 25.1 Å². The second-order valence-corrected chi connectivity index (χ2v) is 12.4. The second kappa shape index (κ2) is 14.4. The lowest BCUT2D eigenvalue weighted by Gasteiger charge is -2.32. The number of aliphatic hydroxyl groups excluding tert-OH is 1. The third kappa shape index (κ3) is 7.94. The van der Waals surface area contributed by atoms with Crippen molar-refractivity contribution in [3.63, 3.8) is 0 Å². The molecule has 3 atom stereocenters. The molecule has 1 saturated heterocycles. The zero-order chi connectivity index (χ0) is 30.3. The lowest BCUT2D eigenvalue weighted by atomic mass is 9.93. The summed E-state index contributed by atoms with van der Waals surface area (Å²) >= 11 is 1.70. The number of carbonyl (C=O) groups is 2. The van der Waals surface area contributed by atoms with Crippen LogP contribution in [-0.4, -0.2) is 58.9 Å². The fourth-order valence-electron chi connectivity index (χ4n) is 5.79. The molecule has 3 aromatic rings. The number of halogens is 2. The van der Waals surface area contributed by atoms with Crippen molar-refractivity contribution in [2.75, 3.05) is 23.7 Å². The van der Waals surface area contributed by atoms with Crippen LogP contribution >= 0.6 is 11.8 Å². The van der Waals surface area contributed by atoms with Gasteiger partial charge in [0.1, 0.15) is 17.9 Å². The van der Waals surface area contributed by atoms with Gasteiger partial charge in [-0.2, -0.15) is 0 Å². The molecule has 230 valence electrons. The standard InChI is InChI=1S/C32H38F2N4O4S/c1-2-3-10-38-11-13-43-30-25(32-35-9-12-42-32)17-21(18-27(30)38)31(41)37-26(16-20-14-22(33)19-23(34)15-20)28(39)8-7-24-5-4-6-29(40)36-24/h9,12,14-15,17-19,24,26,28,39H,2-8,10-11,13,16H2,1H3,(H,36,40)(H,37,41). The smallest absolute Gasteiger partial charge is 0.251 e. The number of hydrogen-bond acceptors (Lipinski definition) is 7. The van der Waals surface area contributed by atoms with Gasteiger partial charge in [-0.15, -0.1) is 11.8 Å². The summed E-state index contributed by atoms with van der Waals surface area (Å²) in [5.74, 6) is -0.573. The first-order valence-corrected chi connectivity index (χ1v) is 16.0. The summed E-state index contributed by atoms with van der Waals surface area (Å²) in [7, 11) is 0. The van der Waals surface area contributed by atoms with Crippen molar-refractivity contribution in [1.29, 1.82) is 0 Å². The zero-order valence-electron chi connectivity index (χ0n) is 24.3. The Balaban J connectivity index is 1.42. The molecule has 0 spiro atoms. The number of nitrogens with one attached hydrogen (secondary N) is 2. The first kappa shape index (κ1) is 31.0. The minimum atomic E-state index is -1.02. The number of thioether (sulfide) groups is 1. The Hall–Kier alpha value is -3.44. The van der Waals surface area contributed by atoms with Crippen molar-refractivity contribution in [3.8, 4) is 11.5 Å². The van der Waals surface area contributed by atoms with Crippen molar-refractivity contribution in [2.45, 2.75) is 81.4 Å². The van der Waals surface area contributed by atoms with E-state index in [0.717, 1.165) is 66.7 Å². The molecule has 0 aliphatic carbocycles. The fourth-order valence-corrected chi connectivity index (χ4v) is 6.95. The van der Waals surface area contributed by atoms with Gasteiger partial charge >= 0.3 is 0 Å². The van der Waals surface area contributed by atoms with Gasteiger partial charge in [0.25, 0.3) is 5.91 Å². The van der Waals surface area contributed by atoms with Crippen LogP contribution in [0.4, 0.5) is 14.5 Å². The maximum absolute atomic E-state index is 14.0. The molecule has 2 aliphatic heterocycles. The fraction of sp³-hybridized carbons (Fsp3) is 0.469. The van der Waals surface area contributed by atoms with E-state index in [-0.39, 0.29) is 18.4 Å². The molecular weight excluding hydrogens is 574 g/mol. The molecule has 11 heteroatoms. The van der Waals surface area contributed by atoms with E-state index in [4.69, 9.17) is 4.42 Å². The van der Waals surface area contributed by atoms with Gasteiger partial charge in [0.2, 0.25) is 11.8 Å². The van der Waals surface area contributed by atoms with Gasteiger partial charge in [0.05, 0.1) is 29.6 Å². The molecule has 3 heterocycles. The lowest BCUT2D eigenvalue weighted by Crippen LogP contribution is -2.46. The third-order valence-corrected chi connectivity index (χ3v) is 9.12. The van der Waals surface area contributed by atoms with Crippen molar-refractivity contribution in [3.05, 3.63) is 65.6 Å². The molecule has 5 rings (SSSR count). The molecule has 43 heavy (non-hydrogen) atoms. The van der Waals surface area contributed by atoms with Gasteiger partial charge in [-0.05, 0) is 68.4 Å². The lowest BCUT2D eigenvalue weighted by molar-refractivity contribution is -0.123. The monoisotopic (exact) mass is 612 g/mol. The molecule has 8 nitrogen and oxygen atoms in total. The van der Waals surface area contributed by atoms with Crippen molar-refractivity contribution < 1.29 is 27.9 Å². The maximum atomic E-state index is 14.0. The molecule has 2 aliphatic rings. The molecular formula is C32H38F2N4O4S. The Morgan fingerprint density at radius 1 is 1.26 bits per heavy atom.